The number of hydrogen-bond donors (Lipinski definition) is 0. The maximum atomic E-state index is 3.43. The Morgan fingerprint density at radius 1 is 0.875 bits per heavy atom. The second-order valence-corrected chi connectivity index (χ2v) is 6.36. The summed E-state index contributed by atoms with van der Waals surface area (Å²) >= 11 is 0. The van der Waals surface area contributed by atoms with Gasteiger partial charge in [0.05, 0.1) is 0 Å². The van der Waals surface area contributed by atoms with Crippen LogP contribution >= 0.6 is 0 Å². The first-order chi connectivity index (χ1) is 10.3. The van der Waals surface area contributed by atoms with Gasteiger partial charge in [0.25, 0.3) is 0 Å². The number of allylic oxidation sites excluding steroid dienone is 4. The van der Waals surface area contributed by atoms with Crippen LogP contribution in [0.25, 0.3) is 16.7 Å². The number of halogens is 2. The molecule has 0 N–H and O–H groups in total. The molecule has 0 saturated heterocycles. The molecule has 24 heavy (non-hydrogen) atoms. The van der Waals surface area contributed by atoms with E-state index in [9.17, 15) is 0 Å². The quantitative estimate of drug-likeness (QED) is 0.337. The summed E-state index contributed by atoms with van der Waals surface area (Å²) in [6.45, 7) is 4.31. The largest absolute Gasteiger partial charge is 3.00 e. The predicted molar refractivity (Wildman–Crippen MR) is 92.6 cm³/mol. The molecule has 2 aromatic rings. The molecule has 3 radical (unpaired) electrons. The fraction of sp³-hybridized carbons (Fsp3) is 0.200. The summed E-state index contributed by atoms with van der Waals surface area (Å²) in [6.07, 6.45) is 9.81. The molecule has 2 aliphatic rings. The number of fused-ring (bicyclic) bond motifs is 3. The second-order valence-electron chi connectivity index (χ2n) is 5.36. The molecule has 0 aliphatic heterocycles. The van der Waals surface area contributed by atoms with Crippen molar-refractivity contribution in [3.8, 4) is 11.1 Å². The van der Waals surface area contributed by atoms with Gasteiger partial charge in [-0.25, -0.2) is 0 Å². The van der Waals surface area contributed by atoms with Crippen LogP contribution in [-0.4, -0.2) is 9.52 Å². The van der Waals surface area contributed by atoms with Crippen LogP contribution in [0.15, 0.2) is 54.6 Å². The van der Waals surface area contributed by atoms with Gasteiger partial charge in [-0.1, -0.05) is 61.5 Å². The molecule has 0 bridgehead atoms. The summed E-state index contributed by atoms with van der Waals surface area (Å²) in [5.74, 6) is 0. The Hall–Kier alpha value is -0.400. The van der Waals surface area contributed by atoms with Crippen molar-refractivity contribution in [2.45, 2.75) is 25.9 Å². The van der Waals surface area contributed by atoms with Gasteiger partial charge in [-0.2, -0.15) is 17.7 Å². The summed E-state index contributed by atoms with van der Waals surface area (Å²) < 4.78 is 0. The maximum Gasteiger partial charge on any atom is 3.00 e. The molecule has 4 rings (SSSR count). The minimum absolute atomic E-state index is 0. The minimum atomic E-state index is 0. The van der Waals surface area contributed by atoms with E-state index in [-0.39, 0.29) is 51.0 Å². The van der Waals surface area contributed by atoms with E-state index in [4.69, 9.17) is 0 Å². The Morgan fingerprint density at radius 2 is 1.50 bits per heavy atom. The molecule has 0 saturated carbocycles. The topological polar surface area (TPSA) is 0 Å². The molecular weight excluding hydrogens is 430 g/mol. The summed E-state index contributed by atoms with van der Waals surface area (Å²) in [7, 11) is 1.08. The molecule has 2 aliphatic carbocycles. The smallest absolute Gasteiger partial charge is 1.00 e. The van der Waals surface area contributed by atoms with E-state index in [1.165, 1.54) is 33.4 Å². The van der Waals surface area contributed by atoms with Gasteiger partial charge in [-0.05, 0) is 23.1 Å². The Kier molecular flexibility index (Phi) is 11.1. The molecule has 0 aromatic heterocycles. The Labute approximate surface area is 179 Å². The molecule has 0 unspecified atom stereocenters. The van der Waals surface area contributed by atoms with Crippen LogP contribution in [0, 0.1) is 6.08 Å². The van der Waals surface area contributed by atoms with E-state index < -0.39 is 0 Å². The molecule has 4 heteroatoms. The first-order valence-electron chi connectivity index (χ1n) is 7.41. The Morgan fingerprint density at radius 3 is 2.17 bits per heavy atom. The van der Waals surface area contributed by atoms with Gasteiger partial charge < -0.3 is 24.8 Å². The Balaban J connectivity index is 0.000000827. The van der Waals surface area contributed by atoms with E-state index in [2.05, 4.69) is 73.8 Å². The molecule has 0 amide bonds. The van der Waals surface area contributed by atoms with Crippen molar-refractivity contribution in [2.24, 2.45) is 0 Å². The first kappa shape index (κ1) is 23.6. The molecule has 2 aromatic carbocycles. The first-order valence-corrected chi connectivity index (χ1v) is 9.41. The monoisotopic (exact) mass is 447 g/mol. The van der Waals surface area contributed by atoms with Crippen molar-refractivity contribution in [1.82, 2.24) is 0 Å². The van der Waals surface area contributed by atoms with Crippen LogP contribution < -0.4 is 24.8 Å². The maximum absolute atomic E-state index is 3.43. The molecule has 0 spiro atoms. The molecule has 0 nitrogen and oxygen atoms in total. The number of benzene rings is 2. The van der Waals surface area contributed by atoms with Crippen LogP contribution in [0.1, 0.15) is 23.1 Å². The fourth-order valence-electron chi connectivity index (χ4n) is 3.00. The van der Waals surface area contributed by atoms with Crippen LogP contribution in [0.2, 0.25) is 13.1 Å². The summed E-state index contributed by atoms with van der Waals surface area (Å²) in [5, 5.41) is 0. The van der Waals surface area contributed by atoms with Crippen molar-refractivity contribution in [2.75, 3.05) is 0 Å². The van der Waals surface area contributed by atoms with Crippen molar-refractivity contribution in [3.63, 3.8) is 0 Å². The third kappa shape index (κ3) is 4.82. The van der Waals surface area contributed by atoms with Crippen molar-refractivity contribution in [3.05, 3.63) is 77.4 Å². The van der Waals surface area contributed by atoms with Gasteiger partial charge in [0.1, 0.15) is 0 Å². The fourth-order valence-corrected chi connectivity index (χ4v) is 3.00. The standard InChI is InChI=1S/C18H13.C2H6Si.2ClH.Zr/c1-2-7-13(6-1)15-10-5-11-17-16-9-4-3-8-14(16)12-18(15)17;1-3-2;;;/h1,3-6,8-11H,2,12H2;1-2H3;2*1H;/q-1;;;;+3/p-2. The molecule has 0 heterocycles. The summed E-state index contributed by atoms with van der Waals surface area (Å²) in [4.78, 5) is 0. The number of hydrogen-bond acceptors (Lipinski definition) is 0. The van der Waals surface area contributed by atoms with Gasteiger partial charge in [0.2, 0.25) is 0 Å². The van der Waals surface area contributed by atoms with E-state index in [0.717, 1.165) is 22.4 Å². The molecule has 121 valence electrons. The van der Waals surface area contributed by atoms with Gasteiger partial charge in [-0.3, -0.25) is 0 Å². The zero-order valence-corrected chi connectivity index (χ0v) is 18.8. The van der Waals surface area contributed by atoms with Crippen LogP contribution in [-0.2, 0) is 32.6 Å². The summed E-state index contributed by atoms with van der Waals surface area (Å²) in [6, 6.07) is 15.4. The Bertz CT molecular complexity index is 723. The van der Waals surface area contributed by atoms with E-state index >= 15 is 0 Å². The van der Waals surface area contributed by atoms with Crippen LogP contribution in [0.4, 0.5) is 0 Å². The minimum Gasteiger partial charge on any atom is -1.00 e. The predicted octanol–water partition coefficient (Wildman–Crippen LogP) is -0.803. The third-order valence-corrected chi connectivity index (χ3v) is 3.84. The molecular formula is C20H19Cl2SiZr. The SMILES string of the molecule is C[Si]C.[C-]1=C(c2cccc3c2Cc2ccccc2-3)C=CC1.[Cl-].[Cl-].[Zr+3]. The average Bonchev–Trinajstić information content (AvgIpc) is 3.15. The van der Waals surface area contributed by atoms with Gasteiger partial charge in [-0.15, -0.1) is 17.7 Å². The van der Waals surface area contributed by atoms with Crippen LogP contribution in [0.3, 0.4) is 0 Å². The van der Waals surface area contributed by atoms with E-state index in [1.54, 1.807) is 0 Å². The van der Waals surface area contributed by atoms with E-state index in [0.29, 0.717) is 0 Å². The van der Waals surface area contributed by atoms with Crippen molar-refractivity contribution >= 4 is 15.1 Å². The zero-order valence-electron chi connectivity index (χ0n) is 13.9. The van der Waals surface area contributed by atoms with Gasteiger partial charge in [0.15, 0.2) is 0 Å². The van der Waals surface area contributed by atoms with Gasteiger partial charge in [0, 0.05) is 9.52 Å². The zero-order chi connectivity index (χ0) is 14.7. The summed E-state index contributed by atoms with van der Waals surface area (Å²) in [5.41, 5.74) is 8.34. The number of rotatable bonds is 1. The van der Waals surface area contributed by atoms with Crippen molar-refractivity contribution in [1.29, 1.82) is 0 Å². The van der Waals surface area contributed by atoms with Crippen molar-refractivity contribution < 1.29 is 51.0 Å². The average molecular weight is 450 g/mol. The van der Waals surface area contributed by atoms with E-state index in [1.807, 2.05) is 0 Å². The third-order valence-electron chi connectivity index (χ3n) is 3.84. The van der Waals surface area contributed by atoms with Crippen LogP contribution in [0.5, 0.6) is 0 Å². The van der Waals surface area contributed by atoms with Gasteiger partial charge >= 0.3 is 26.2 Å². The normalized spacial score (nSPS) is 12.3. The second kappa shape index (κ2) is 11.3. The molecule has 0 fully saturated rings. The molecule has 0 atom stereocenters.